The number of aryl methyl sites for hydroxylation is 1. The highest BCUT2D eigenvalue weighted by atomic mass is 35.5. The second-order valence-corrected chi connectivity index (χ2v) is 8.76. The number of hydrogen-bond acceptors (Lipinski definition) is 4. The fourth-order valence-electron chi connectivity index (χ4n) is 2.91. The highest BCUT2D eigenvalue weighted by Crippen LogP contribution is 2.28. The van der Waals surface area contributed by atoms with Gasteiger partial charge in [0.2, 0.25) is 15.9 Å². The van der Waals surface area contributed by atoms with Crippen LogP contribution >= 0.6 is 11.6 Å². The third-order valence-electron chi connectivity index (χ3n) is 4.43. The lowest BCUT2D eigenvalue weighted by Gasteiger charge is -2.26. The van der Waals surface area contributed by atoms with Gasteiger partial charge in [-0.15, -0.1) is 0 Å². The Morgan fingerprint density at radius 2 is 1.86 bits per heavy atom. The quantitative estimate of drug-likeness (QED) is 0.742. The van der Waals surface area contributed by atoms with Gasteiger partial charge in [0.25, 0.3) is 0 Å². The molecule has 0 radical (unpaired) electrons. The Morgan fingerprint density at radius 3 is 2.59 bits per heavy atom. The molecular weight excluding hydrogens is 426 g/mol. The van der Waals surface area contributed by atoms with Crippen LogP contribution in [0, 0.1) is 11.6 Å². The number of amides is 1. The number of hydrogen-bond donors (Lipinski definition) is 1. The zero-order valence-electron chi connectivity index (χ0n) is 15.3. The molecule has 2 aromatic carbocycles. The molecule has 0 spiro atoms. The van der Waals surface area contributed by atoms with E-state index in [1.54, 1.807) is 0 Å². The van der Waals surface area contributed by atoms with Crippen molar-refractivity contribution in [2.45, 2.75) is 17.7 Å². The van der Waals surface area contributed by atoms with Crippen LogP contribution in [0.25, 0.3) is 0 Å². The summed E-state index contributed by atoms with van der Waals surface area (Å²) in [6, 6.07) is 7.19. The molecular formula is C19H19ClF2N2O4S. The summed E-state index contributed by atoms with van der Waals surface area (Å²) >= 11 is 6.08. The highest BCUT2D eigenvalue weighted by Gasteiger charge is 2.28. The van der Waals surface area contributed by atoms with Crippen LogP contribution in [0.3, 0.4) is 0 Å². The number of carbonyl (C=O) groups excluding carboxylic acids is 1. The Kier molecular flexibility index (Phi) is 6.84. The monoisotopic (exact) mass is 444 g/mol. The first kappa shape index (κ1) is 21.6. The molecule has 1 aliphatic rings. The van der Waals surface area contributed by atoms with Crippen LogP contribution in [-0.2, 0) is 26.0 Å². The van der Waals surface area contributed by atoms with Crippen molar-refractivity contribution < 1.29 is 26.7 Å². The van der Waals surface area contributed by atoms with E-state index >= 15 is 0 Å². The third kappa shape index (κ3) is 5.30. The lowest BCUT2D eigenvalue weighted by Crippen LogP contribution is -2.40. The van der Waals surface area contributed by atoms with Crippen LogP contribution in [-0.4, -0.2) is 44.9 Å². The number of nitrogens with zero attached hydrogens (tertiary/aromatic N) is 1. The van der Waals surface area contributed by atoms with Crippen LogP contribution in [0.4, 0.5) is 14.5 Å². The number of nitrogens with one attached hydrogen (secondary N) is 1. The average Bonchev–Trinajstić information content (AvgIpc) is 2.70. The molecule has 0 bridgehead atoms. The Bertz CT molecular complexity index is 1010. The van der Waals surface area contributed by atoms with E-state index in [0.717, 1.165) is 18.2 Å². The fraction of sp³-hybridized carbons (Fsp3) is 0.316. The molecule has 1 saturated heterocycles. The summed E-state index contributed by atoms with van der Waals surface area (Å²) in [7, 11) is -3.84. The largest absolute Gasteiger partial charge is 0.379 e. The Morgan fingerprint density at radius 1 is 1.14 bits per heavy atom. The first-order valence-electron chi connectivity index (χ1n) is 8.88. The summed E-state index contributed by atoms with van der Waals surface area (Å²) in [6.07, 6.45) is -0.101. The molecule has 1 fully saturated rings. The lowest BCUT2D eigenvalue weighted by atomic mass is 10.1. The molecule has 6 nitrogen and oxygen atoms in total. The van der Waals surface area contributed by atoms with Crippen LogP contribution in [0.15, 0.2) is 41.3 Å². The lowest BCUT2D eigenvalue weighted by molar-refractivity contribution is -0.116. The van der Waals surface area contributed by atoms with E-state index in [4.69, 9.17) is 16.3 Å². The average molecular weight is 445 g/mol. The van der Waals surface area contributed by atoms with Crippen LogP contribution < -0.4 is 5.32 Å². The van der Waals surface area contributed by atoms with Crippen LogP contribution in [0.5, 0.6) is 0 Å². The minimum Gasteiger partial charge on any atom is -0.379 e. The van der Waals surface area contributed by atoms with Crippen molar-refractivity contribution >= 4 is 33.2 Å². The van der Waals surface area contributed by atoms with Gasteiger partial charge in [0.1, 0.15) is 16.5 Å². The molecule has 0 saturated carbocycles. The number of carbonyl (C=O) groups is 1. The minimum absolute atomic E-state index is 0.00193. The summed E-state index contributed by atoms with van der Waals surface area (Å²) < 4.78 is 59.0. The molecule has 1 aliphatic heterocycles. The maximum atomic E-state index is 13.7. The van der Waals surface area contributed by atoms with Gasteiger partial charge < -0.3 is 10.1 Å². The van der Waals surface area contributed by atoms with E-state index in [9.17, 15) is 22.0 Å². The van der Waals surface area contributed by atoms with Gasteiger partial charge in [-0.3, -0.25) is 4.79 Å². The topological polar surface area (TPSA) is 75.7 Å². The van der Waals surface area contributed by atoms with Gasteiger partial charge in [-0.05, 0) is 48.4 Å². The number of rotatable bonds is 6. The van der Waals surface area contributed by atoms with Gasteiger partial charge in [-0.2, -0.15) is 4.31 Å². The van der Waals surface area contributed by atoms with E-state index in [1.807, 2.05) is 0 Å². The molecule has 0 atom stereocenters. The van der Waals surface area contributed by atoms with Gasteiger partial charge in [-0.25, -0.2) is 17.2 Å². The van der Waals surface area contributed by atoms with Gasteiger partial charge in [-0.1, -0.05) is 11.6 Å². The third-order valence-corrected chi connectivity index (χ3v) is 6.81. The maximum Gasteiger partial charge on any atom is 0.244 e. The SMILES string of the molecule is O=C(CCc1cc(F)ccc1F)Nc1ccc(Cl)c(S(=O)(=O)N2CCOCC2)c1. The molecule has 0 aliphatic carbocycles. The van der Waals surface area contributed by atoms with E-state index in [0.29, 0.717) is 13.2 Å². The normalized spacial score (nSPS) is 15.3. The first-order chi connectivity index (χ1) is 13.8. The molecule has 156 valence electrons. The van der Waals surface area contributed by atoms with Crippen LogP contribution in [0.2, 0.25) is 5.02 Å². The summed E-state index contributed by atoms with van der Waals surface area (Å²) in [5.74, 6) is -1.65. The fourth-order valence-corrected chi connectivity index (χ4v) is 4.82. The predicted molar refractivity (Wildman–Crippen MR) is 104 cm³/mol. The van der Waals surface area contributed by atoms with Crippen molar-refractivity contribution in [3.05, 3.63) is 58.6 Å². The summed E-state index contributed by atoms with van der Waals surface area (Å²) in [6.45, 7) is 1.02. The Hall–Kier alpha value is -2.07. The van der Waals surface area contributed by atoms with Gasteiger partial charge in [0.05, 0.1) is 18.2 Å². The van der Waals surface area contributed by atoms with Crippen molar-refractivity contribution in [3.63, 3.8) is 0 Å². The molecule has 0 unspecified atom stereocenters. The van der Waals surface area contributed by atoms with E-state index in [2.05, 4.69) is 5.32 Å². The number of benzene rings is 2. The zero-order valence-corrected chi connectivity index (χ0v) is 16.9. The molecule has 10 heteroatoms. The number of ether oxygens (including phenoxy) is 1. The molecule has 1 heterocycles. The van der Waals surface area contributed by atoms with Crippen molar-refractivity contribution in [1.82, 2.24) is 4.31 Å². The van der Waals surface area contributed by atoms with Crippen molar-refractivity contribution in [1.29, 1.82) is 0 Å². The van der Waals surface area contributed by atoms with E-state index in [1.165, 1.54) is 22.5 Å². The van der Waals surface area contributed by atoms with Gasteiger partial charge >= 0.3 is 0 Å². The number of anilines is 1. The minimum atomic E-state index is -3.84. The van der Waals surface area contributed by atoms with Crippen molar-refractivity contribution in [3.8, 4) is 0 Å². The molecule has 2 aromatic rings. The summed E-state index contributed by atoms with van der Waals surface area (Å²) in [5, 5.41) is 2.61. The van der Waals surface area contributed by atoms with Crippen molar-refractivity contribution in [2.75, 3.05) is 31.6 Å². The zero-order chi connectivity index (χ0) is 21.0. The highest BCUT2D eigenvalue weighted by molar-refractivity contribution is 7.89. The number of morpholine rings is 1. The molecule has 29 heavy (non-hydrogen) atoms. The summed E-state index contributed by atoms with van der Waals surface area (Å²) in [5.41, 5.74) is 0.331. The first-order valence-corrected chi connectivity index (χ1v) is 10.7. The standard InChI is InChI=1S/C19H19ClF2N2O4S/c20-16-4-3-15(12-18(16)29(26,27)24-7-9-28-10-8-24)23-19(25)6-1-13-11-14(21)2-5-17(13)22/h2-5,11-12H,1,6-10H2,(H,23,25). The molecule has 0 aromatic heterocycles. The molecule has 3 rings (SSSR count). The molecule has 1 amide bonds. The predicted octanol–water partition coefficient (Wildman–Crippen LogP) is 3.21. The maximum absolute atomic E-state index is 13.7. The summed E-state index contributed by atoms with van der Waals surface area (Å²) in [4.78, 5) is 12.1. The Balaban J connectivity index is 1.70. The smallest absolute Gasteiger partial charge is 0.244 e. The number of halogens is 3. The van der Waals surface area contributed by atoms with Gasteiger partial charge in [0, 0.05) is 25.2 Å². The molecule has 1 N–H and O–H groups in total. The van der Waals surface area contributed by atoms with Gasteiger partial charge in [0.15, 0.2) is 0 Å². The second-order valence-electron chi connectivity index (χ2n) is 6.45. The Labute approximate surface area is 172 Å². The number of sulfonamides is 1. The van der Waals surface area contributed by atoms with E-state index < -0.39 is 27.6 Å². The van der Waals surface area contributed by atoms with Crippen molar-refractivity contribution in [2.24, 2.45) is 0 Å². The van der Waals surface area contributed by atoms with Crippen LogP contribution in [0.1, 0.15) is 12.0 Å². The van der Waals surface area contributed by atoms with E-state index in [-0.39, 0.29) is 47.1 Å². The second kappa shape index (κ2) is 9.17.